The first-order valence-corrected chi connectivity index (χ1v) is 3.06. The van der Waals surface area contributed by atoms with Gasteiger partial charge >= 0.3 is 13.2 Å². The smallest absolute Gasteiger partial charge is 0.449 e. The Kier molecular flexibility index (Phi) is 3.89. The lowest BCUT2D eigenvalue weighted by molar-refractivity contribution is -0.172. The molecule has 8 heteroatoms. The van der Waals surface area contributed by atoms with Crippen molar-refractivity contribution in [1.29, 1.82) is 0 Å². The number of hydrogen-bond donors (Lipinski definition) is 0. The fourth-order valence-corrected chi connectivity index (χ4v) is 0.405. The van der Waals surface area contributed by atoms with Gasteiger partial charge in [0.2, 0.25) is 0 Å². The normalized spacial score (nSPS) is 13.5. The Morgan fingerprint density at radius 1 is 1.08 bits per heavy atom. The summed E-state index contributed by atoms with van der Waals surface area (Å²) in [5.74, 6) is 0. The maximum absolute atomic E-state index is 11.4. The number of alkyl halides is 3. The van der Waals surface area contributed by atoms with Gasteiger partial charge in [-0.2, -0.15) is 13.2 Å². The molecule has 0 saturated carbocycles. The highest BCUT2D eigenvalue weighted by atomic mass is 19.4. The van der Waals surface area contributed by atoms with Gasteiger partial charge in [-0.1, -0.05) is 6.32 Å². The lowest BCUT2D eigenvalue weighted by Crippen LogP contribution is -2.21. The van der Waals surface area contributed by atoms with Gasteiger partial charge in [0, 0.05) is 6.61 Å². The van der Waals surface area contributed by atoms with Crippen molar-refractivity contribution >= 4 is 6.98 Å². The number of ether oxygens (including phenoxy) is 1. The van der Waals surface area contributed by atoms with E-state index in [1.54, 1.807) is 0 Å². The standard InChI is InChI=1S/C4H6BF6O/c6-4(7,8)3-12-2-1-5(9,10)11/h1-3H2/q-1. The summed E-state index contributed by atoms with van der Waals surface area (Å²) in [5.41, 5.74) is 0. The van der Waals surface area contributed by atoms with Crippen molar-refractivity contribution in [2.45, 2.75) is 12.5 Å². The van der Waals surface area contributed by atoms with Crippen molar-refractivity contribution in [3.05, 3.63) is 0 Å². The molecule has 0 saturated heterocycles. The topological polar surface area (TPSA) is 9.23 Å². The third-order valence-electron chi connectivity index (χ3n) is 0.855. The van der Waals surface area contributed by atoms with Crippen LogP contribution in [0, 0.1) is 0 Å². The third-order valence-corrected chi connectivity index (χ3v) is 0.855. The van der Waals surface area contributed by atoms with Crippen molar-refractivity contribution in [3.8, 4) is 0 Å². The first-order valence-electron chi connectivity index (χ1n) is 3.06. The fourth-order valence-electron chi connectivity index (χ4n) is 0.405. The molecule has 0 rings (SSSR count). The minimum absolute atomic E-state index is 0.928. The highest BCUT2D eigenvalue weighted by Gasteiger charge is 2.28. The summed E-state index contributed by atoms with van der Waals surface area (Å²) in [7, 11) is 0. The summed E-state index contributed by atoms with van der Waals surface area (Å²) in [4.78, 5) is 0. The average molecular weight is 195 g/mol. The van der Waals surface area contributed by atoms with Crippen molar-refractivity contribution in [3.63, 3.8) is 0 Å². The zero-order valence-corrected chi connectivity index (χ0v) is 5.87. The van der Waals surface area contributed by atoms with E-state index in [1.165, 1.54) is 0 Å². The van der Waals surface area contributed by atoms with Crippen LogP contribution in [-0.4, -0.2) is 26.4 Å². The van der Waals surface area contributed by atoms with E-state index in [0.29, 0.717) is 0 Å². The number of halogens is 6. The Morgan fingerprint density at radius 2 is 1.58 bits per heavy atom. The molecule has 12 heavy (non-hydrogen) atoms. The lowest BCUT2D eigenvalue weighted by Gasteiger charge is -2.13. The van der Waals surface area contributed by atoms with E-state index in [-0.39, 0.29) is 0 Å². The van der Waals surface area contributed by atoms with E-state index in [4.69, 9.17) is 0 Å². The van der Waals surface area contributed by atoms with Crippen molar-refractivity contribution in [2.24, 2.45) is 0 Å². The second kappa shape index (κ2) is 4.02. The molecule has 74 valence electrons. The number of rotatable bonds is 4. The van der Waals surface area contributed by atoms with Gasteiger partial charge in [0.1, 0.15) is 6.61 Å². The monoisotopic (exact) mass is 195 g/mol. The van der Waals surface area contributed by atoms with Gasteiger partial charge in [-0.3, -0.25) is 0 Å². The number of hydrogen-bond acceptors (Lipinski definition) is 1. The van der Waals surface area contributed by atoms with E-state index >= 15 is 0 Å². The second-order valence-corrected chi connectivity index (χ2v) is 2.17. The minimum atomic E-state index is -5.04. The largest absolute Gasteiger partial charge is 0.480 e. The Bertz CT molecular complexity index is 112. The van der Waals surface area contributed by atoms with Crippen LogP contribution in [0.4, 0.5) is 26.1 Å². The maximum Gasteiger partial charge on any atom is 0.480 e. The molecular weight excluding hydrogens is 189 g/mol. The summed E-state index contributed by atoms with van der Waals surface area (Å²) in [6, 6.07) is 0. The van der Waals surface area contributed by atoms with E-state index in [1.807, 2.05) is 0 Å². The molecule has 0 N–H and O–H groups in total. The van der Waals surface area contributed by atoms with Gasteiger partial charge in [0.25, 0.3) is 0 Å². The molecule has 0 atom stereocenters. The molecule has 0 amide bonds. The molecule has 0 aliphatic rings. The summed E-state index contributed by atoms with van der Waals surface area (Å²) in [6.45, 7) is -7.60. The van der Waals surface area contributed by atoms with Crippen LogP contribution in [0.1, 0.15) is 0 Å². The van der Waals surface area contributed by atoms with Crippen molar-refractivity contribution in [1.82, 2.24) is 0 Å². The SMILES string of the molecule is F[B-](F)(F)CCOCC(F)(F)F. The van der Waals surface area contributed by atoms with E-state index in [0.717, 1.165) is 0 Å². The molecule has 0 bridgehead atoms. The molecule has 0 aliphatic carbocycles. The van der Waals surface area contributed by atoms with E-state index in [9.17, 15) is 26.1 Å². The van der Waals surface area contributed by atoms with Crippen LogP contribution in [0.5, 0.6) is 0 Å². The average Bonchev–Trinajstić information content (AvgIpc) is 1.76. The predicted molar refractivity (Wildman–Crippen MR) is 30.8 cm³/mol. The summed E-state index contributed by atoms with van der Waals surface area (Å²) in [6.07, 6.45) is -5.85. The predicted octanol–water partition coefficient (Wildman–Crippen LogP) is 2.41. The third kappa shape index (κ3) is 9.60. The molecule has 0 spiro atoms. The van der Waals surface area contributed by atoms with Gasteiger partial charge in [-0.25, -0.2) is 0 Å². The van der Waals surface area contributed by atoms with Crippen LogP contribution < -0.4 is 0 Å². The fraction of sp³-hybridized carbons (Fsp3) is 1.00. The molecule has 0 aromatic carbocycles. The maximum atomic E-state index is 11.4. The Morgan fingerprint density at radius 3 is 1.92 bits per heavy atom. The van der Waals surface area contributed by atoms with Gasteiger partial charge in [0.05, 0.1) is 0 Å². The molecule has 1 nitrogen and oxygen atoms in total. The highest BCUT2D eigenvalue weighted by molar-refractivity contribution is 6.58. The molecule has 0 aromatic rings. The van der Waals surface area contributed by atoms with E-state index < -0.39 is 32.7 Å². The van der Waals surface area contributed by atoms with Crippen molar-refractivity contribution in [2.75, 3.05) is 13.2 Å². The Balaban J connectivity index is 3.35. The zero-order chi connectivity index (χ0) is 9.83. The van der Waals surface area contributed by atoms with Crippen molar-refractivity contribution < 1.29 is 30.9 Å². The van der Waals surface area contributed by atoms with Crippen LogP contribution in [-0.2, 0) is 4.74 Å². The van der Waals surface area contributed by atoms with Gasteiger partial charge in [-0.05, 0) is 0 Å². The molecule has 0 aliphatic heterocycles. The minimum Gasteiger partial charge on any atom is -0.449 e. The molecular formula is C4H6BF6O-. The van der Waals surface area contributed by atoms with Crippen LogP contribution in [0.2, 0.25) is 6.32 Å². The van der Waals surface area contributed by atoms with Crippen LogP contribution in [0.15, 0.2) is 0 Å². The summed E-state index contributed by atoms with van der Waals surface area (Å²) < 4.78 is 71.7. The van der Waals surface area contributed by atoms with Gasteiger partial charge < -0.3 is 17.7 Å². The van der Waals surface area contributed by atoms with Gasteiger partial charge in [-0.15, -0.1) is 0 Å². The summed E-state index contributed by atoms with van der Waals surface area (Å²) >= 11 is 0. The van der Waals surface area contributed by atoms with Crippen LogP contribution in [0.25, 0.3) is 0 Å². The Labute approximate surface area is 64.7 Å². The first-order chi connectivity index (χ1) is 5.21. The Hall–Kier alpha value is -0.395. The highest BCUT2D eigenvalue weighted by Crippen LogP contribution is 2.17. The molecule has 0 heterocycles. The summed E-state index contributed by atoms with van der Waals surface area (Å²) in [5, 5.41) is 0. The quantitative estimate of drug-likeness (QED) is 0.380. The lowest BCUT2D eigenvalue weighted by atomic mass is 9.87. The molecule has 0 radical (unpaired) electrons. The second-order valence-electron chi connectivity index (χ2n) is 2.17. The van der Waals surface area contributed by atoms with Crippen LogP contribution in [0.3, 0.4) is 0 Å². The molecule has 0 fully saturated rings. The van der Waals surface area contributed by atoms with Crippen LogP contribution >= 0.6 is 0 Å². The zero-order valence-electron chi connectivity index (χ0n) is 5.87. The molecule has 0 unspecified atom stereocenters. The van der Waals surface area contributed by atoms with Gasteiger partial charge in [0.15, 0.2) is 0 Å². The first kappa shape index (κ1) is 11.6. The van der Waals surface area contributed by atoms with E-state index in [2.05, 4.69) is 4.74 Å². The molecule has 0 aromatic heterocycles.